The molecule has 2 heterocycles. The summed E-state index contributed by atoms with van der Waals surface area (Å²) in [6, 6.07) is 13.3. The molecule has 2 N–H and O–H groups in total. The molecule has 158 valence electrons. The van der Waals surface area contributed by atoms with E-state index in [-0.39, 0.29) is 0 Å². The molecule has 0 amide bonds. The fourth-order valence-electron chi connectivity index (χ4n) is 3.66. The van der Waals surface area contributed by atoms with Crippen molar-refractivity contribution in [1.29, 1.82) is 0 Å². The van der Waals surface area contributed by atoms with E-state index in [1.165, 1.54) is 11.6 Å². The lowest BCUT2D eigenvalue weighted by molar-refractivity contribution is -0.137. The van der Waals surface area contributed by atoms with E-state index in [1.807, 2.05) is 11.8 Å². The Morgan fingerprint density at radius 1 is 1.13 bits per heavy atom. The highest BCUT2D eigenvalue weighted by atomic mass is 32.1. The maximum Gasteiger partial charge on any atom is 0.416 e. The van der Waals surface area contributed by atoms with Crippen LogP contribution in [0.3, 0.4) is 0 Å². The molecule has 30 heavy (non-hydrogen) atoms. The molecule has 2 aromatic carbocycles. The van der Waals surface area contributed by atoms with Crippen molar-refractivity contribution < 1.29 is 18.0 Å². The van der Waals surface area contributed by atoms with Crippen LogP contribution < -0.4 is 10.8 Å². The molecule has 0 saturated carbocycles. The van der Waals surface area contributed by atoms with Gasteiger partial charge in [0.25, 0.3) is 0 Å². The number of nitrogens with one attached hydrogen (secondary N) is 2. The zero-order valence-corrected chi connectivity index (χ0v) is 17.2. The van der Waals surface area contributed by atoms with Crippen molar-refractivity contribution in [3.63, 3.8) is 0 Å². The van der Waals surface area contributed by atoms with Gasteiger partial charge in [-0.05, 0) is 49.0 Å². The summed E-state index contributed by atoms with van der Waals surface area (Å²) in [5, 5.41) is 3.34. The van der Waals surface area contributed by atoms with E-state index in [4.69, 9.17) is 17.1 Å². The number of nitrogens with zero attached hydrogens (tertiary/aromatic N) is 1. The summed E-state index contributed by atoms with van der Waals surface area (Å²) in [4.78, 5) is 7.88. The number of hydroxylamine groups is 1. The third-order valence-electron chi connectivity index (χ3n) is 5.47. The molecule has 0 aliphatic carbocycles. The van der Waals surface area contributed by atoms with Gasteiger partial charge >= 0.3 is 6.18 Å². The Morgan fingerprint density at radius 2 is 1.83 bits per heavy atom. The smallest absolute Gasteiger partial charge is 0.349 e. The fourth-order valence-corrected chi connectivity index (χ4v) is 3.96. The SMILES string of the molecule is Cc1ccc(C2=CC3(CCN(C(=S)Nc4cccc(C(F)(F)F)c4)CC3)ON2)cc1. The maximum absolute atomic E-state index is 12.9. The third-order valence-corrected chi connectivity index (χ3v) is 5.83. The number of aryl methyl sites for hydroxylation is 1. The Labute approximate surface area is 178 Å². The van der Waals surface area contributed by atoms with Gasteiger partial charge in [-0.3, -0.25) is 10.3 Å². The molecule has 0 bridgehead atoms. The average Bonchev–Trinajstić information content (AvgIpc) is 3.12. The predicted octanol–water partition coefficient (Wildman–Crippen LogP) is 5.12. The number of benzene rings is 2. The molecule has 0 atom stereocenters. The van der Waals surface area contributed by atoms with Crippen molar-refractivity contribution in [1.82, 2.24) is 10.4 Å². The number of hydrogen-bond acceptors (Lipinski definition) is 3. The third kappa shape index (κ3) is 4.44. The second-order valence-electron chi connectivity index (χ2n) is 7.69. The van der Waals surface area contributed by atoms with Crippen LogP contribution in [0, 0.1) is 6.92 Å². The van der Waals surface area contributed by atoms with Gasteiger partial charge in [-0.15, -0.1) is 0 Å². The first-order chi connectivity index (χ1) is 14.2. The number of piperidine rings is 1. The first-order valence-electron chi connectivity index (χ1n) is 9.71. The van der Waals surface area contributed by atoms with Gasteiger partial charge in [0.05, 0.1) is 11.3 Å². The van der Waals surface area contributed by atoms with Gasteiger partial charge in [-0.25, -0.2) is 0 Å². The molecule has 4 nitrogen and oxygen atoms in total. The summed E-state index contributed by atoms with van der Waals surface area (Å²) < 4.78 is 38.7. The van der Waals surface area contributed by atoms with Gasteiger partial charge in [0.1, 0.15) is 5.60 Å². The van der Waals surface area contributed by atoms with Crippen LogP contribution in [0.2, 0.25) is 0 Å². The number of alkyl halides is 3. The van der Waals surface area contributed by atoms with Crippen LogP contribution in [0.5, 0.6) is 0 Å². The van der Waals surface area contributed by atoms with E-state index in [1.54, 1.807) is 6.07 Å². The number of thiocarbonyl (C=S) groups is 1. The van der Waals surface area contributed by atoms with Crippen molar-refractivity contribution in [2.75, 3.05) is 18.4 Å². The Kier molecular flexibility index (Phi) is 5.46. The van der Waals surface area contributed by atoms with Crippen LogP contribution in [0.4, 0.5) is 18.9 Å². The highest BCUT2D eigenvalue weighted by Gasteiger charge is 2.39. The molecule has 2 aromatic rings. The van der Waals surface area contributed by atoms with Crippen LogP contribution in [0.25, 0.3) is 5.70 Å². The normalized spacial score (nSPS) is 18.1. The highest BCUT2D eigenvalue weighted by Crippen LogP contribution is 2.35. The first kappa shape index (κ1) is 20.7. The molecule has 0 unspecified atom stereocenters. The number of anilines is 1. The van der Waals surface area contributed by atoms with Crippen LogP contribution in [-0.4, -0.2) is 28.7 Å². The van der Waals surface area contributed by atoms with Crippen molar-refractivity contribution in [2.45, 2.75) is 31.5 Å². The number of likely N-dealkylation sites (tertiary alicyclic amines) is 1. The molecule has 1 fully saturated rings. The van der Waals surface area contributed by atoms with E-state index in [2.05, 4.69) is 41.1 Å². The van der Waals surface area contributed by atoms with E-state index < -0.39 is 17.3 Å². The minimum Gasteiger partial charge on any atom is -0.349 e. The lowest BCUT2D eigenvalue weighted by atomic mass is 9.90. The standard InChI is InChI=1S/C22H22F3N3OS/c1-15-5-7-16(8-6-15)19-14-21(29-27-19)9-11-28(12-10-21)20(30)26-18-4-2-3-17(13-18)22(23,24)25/h2-8,13-14,27H,9-12H2,1H3,(H,26,30). The second-order valence-corrected chi connectivity index (χ2v) is 8.08. The molecule has 0 radical (unpaired) electrons. The predicted molar refractivity (Wildman–Crippen MR) is 115 cm³/mol. The summed E-state index contributed by atoms with van der Waals surface area (Å²) in [5.41, 5.74) is 5.49. The van der Waals surface area contributed by atoms with Crippen molar-refractivity contribution in [2.24, 2.45) is 0 Å². The van der Waals surface area contributed by atoms with Crippen LogP contribution in [0.1, 0.15) is 29.5 Å². The van der Waals surface area contributed by atoms with E-state index in [0.717, 1.165) is 36.2 Å². The largest absolute Gasteiger partial charge is 0.416 e. The van der Waals surface area contributed by atoms with Crippen molar-refractivity contribution in [3.8, 4) is 0 Å². The number of hydrogen-bond donors (Lipinski definition) is 2. The van der Waals surface area contributed by atoms with Gasteiger partial charge in [0, 0.05) is 31.6 Å². The first-order valence-corrected chi connectivity index (χ1v) is 10.1. The summed E-state index contributed by atoms with van der Waals surface area (Å²) in [5.74, 6) is 0. The Morgan fingerprint density at radius 3 is 2.50 bits per heavy atom. The minimum atomic E-state index is -4.38. The monoisotopic (exact) mass is 433 g/mol. The zero-order chi connectivity index (χ0) is 21.4. The van der Waals surface area contributed by atoms with E-state index >= 15 is 0 Å². The molecule has 8 heteroatoms. The average molecular weight is 433 g/mol. The zero-order valence-electron chi connectivity index (χ0n) is 16.4. The van der Waals surface area contributed by atoms with Crippen LogP contribution in [0.15, 0.2) is 54.6 Å². The highest BCUT2D eigenvalue weighted by molar-refractivity contribution is 7.80. The number of rotatable bonds is 2. The quantitative estimate of drug-likeness (QED) is 0.643. The summed E-state index contributed by atoms with van der Waals surface area (Å²) in [6.45, 7) is 3.33. The molecular formula is C22H22F3N3OS. The lowest BCUT2D eigenvalue weighted by Crippen LogP contribution is -2.48. The van der Waals surface area contributed by atoms with Crippen molar-refractivity contribution >= 4 is 28.7 Å². The van der Waals surface area contributed by atoms with Gasteiger partial charge in [0.2, 0.25) is 0 Å². The molecule has 1 saturated heterocycles. The van der Waals surface area contributed by atoms with Crippen LogP contribution >= 0.6 is 12.2 Å². The van der Waals surface area contributed by atoms with Gasteiger partial charge in [-0.1, -0.05) is 35.9 Å². The molecular weight excluding hydrogens is 411 g/mol. The molecule has 4 rings (SSSR count). The van der Waals surface area contributed by atoms with Crippen molar-refractivity contribution in [3.05, 3.63) is 71.3 Å². The molecule has 0 aromatic heterocycles. The Bertz CT molecular complexity index is 964. The fraction of sp³-hybridized carbons (Fsp3) is 0.318. The summed E-state index contributed by atoms with van der Waals surface area (Å²) in [6.07, 6.45) is -0.817. The van der Waals surface area contributed by atoms with E-state index in [9.17, 15) is 13.2 Å². The topological polar surface area (TPSA) is 36.5 Å². The van der Waals surface area contributed by atoms with E-state index in [0.29, 0.717) is 23.9 Å². The molecule has 2 aliphatic rings. The Hall–Kier alpha value is -2.58. The molecule has 1 spiro atoms. The Balaban J connectivity index is 1.38. The summed E-state index contributed by atoms with van der Waals surface area (Å²) >= 11 is 5.43. The van der Waals surface area contributed by atoms with Gasteiger partial charge in [-0.2, -0.15) is 13.2 Å². The van der Waals surface area contributed by atoms with Crippen LogP contribution in [-0.2, 0) is 11.0 Å². The maximum atomic E-state index is 12.9. The summed E-state index contributed by atoms with van der Waals surface area (Å²) in [7, 11) is 0. The lowest BCUT2D eigenvalue weighted by Gasteiger charge is -2.38. The minimum absolute atomic E-state index is 0.329. The second kappa shape index (κ2) is 7.92. The van der Waals surface area contributed by atoms with Gasteiger partial charge in [0.15, 0.2) is 5.11 Å². The molecule has 2 aliphatic heterocycles. The van der Waals surface area contributed by atoms with Gasteiger partial charge < -0.3 is 10.2 Å². The number of halogens is 3.